The molecule has 0 saturated heterocycles. The summed E-state index contributed by atoms with van der Waals surface area (Å²) in [5.74, 6) is 1.45. The quantitative estimate of drug-likeness (QED) is 0.352. The molecule has 2 aromatic rings. The van der Waals surface area contributed by atoms with E-state index in [0.29, 0.717) is 29.8 Å². The highest BCUT2D eigenvalue weighted by atomic mass is 15.1. The second-order valence-electron chi connectivity index (χ2n) is 5.05. The van der Waals surface area contributed by atoms with E-state index < -0.39 is 0 Å². The Morgan fingerprint density at radius 2 is 1.79 bits per heavy atom. The van der Waals surface area contributed by atoms with Gasteiger partial charge in [0.25, 0.3) is 0 Å². The van der Waals surface area contributed by atoms with Crippen LogP contribution in [0.25, 0.3) is 11.2 Å². The number of H-pyrrole nitrogens is 1. The number of imidazole rings is 1. The molecule has 0 aliphatic carbocycles. The maximum atomic E-state index is 6.00. The first kappa shape index (κ1) is 27.5. The van der Waals surface area contributed by atoms with E-state index in [9.17, 15) is 0 Å². The Labute approximate surface area is 170 Å². The minimum Gasteiger partial charge on any atom is -0.386 e. The first-order valence-electron chi connectivity index (χ1n) is 10.2. The van der Waals surface area contributed by atoms with Gasteiger partial charge < -0.3 is 16.0 Å². The first-order valence-corrected chi connectivity index (χ1v) is 10.2. The van der Waals surface area contributed by atoms with Gasteiger partial charge in [0.05, 0.1) is 12.9 Å². The van der Waals surface area contributed by atoms with Gasteiger partial charge in [0.2, 0.25) is 0 Å². The van der Waals surface area contributed by atoms with Crippen molar-refractivity contribution in [3.63, 3.8) is 0 Å². The van der Waals surface area contributed by atoms with E-state index in [4.69, 9.17) is 5.73 Å². The smallest absolute Gasteiger partial charge is 0.182 e. The number of hydrogen-bond donors (Lipinski definition) is 3. The molecule has 158 valence electrons. The Bertz CT molecular complexity index is 712. The van der Waals surface area contributed by atoms with Gasteiger partial charge in [-0.3, -0.25) is 0 Å². The summed E-state index contributed by atoms with van der Waals surface area (Å²) in [6.45, 7) is 18.5. The van der Waals surface area contributed by atoms with Crippen molar-refractivity contribution in [3.05, 3.63) is 36.6 Å². The lowest BCUT2D eigenvalue weighted by Crippen LogP contribution is -2.23. The number of anilines is 1. The van der Waals surface area contributed by atoms with Gasteiger partial charge in [-0.25, -0.2) is 19.9 Å². The number of aromatic nitrogens is 4. The lowest BCUT2D eigenvalue weighted by Gasteiger charge is -2.09. The molecular weight excluding hydrogens is 350 g/mol. The summed E-state index contributed by atoms with van der Waals surface area (Å²) in [5.41, 5.74) is 8.31. The van der Waals surface area contributed by atoms with Crippen molar-refractivity contribution in [1.82, 2.24) is 19.9 Å². The molecule has 0 aliphatic heterocycles. The summed E-state index contributed by atoms with van der Waals surface area (Å²) < 4.78 is 0. The van der Waals surface area contributed by atoms with Crippen molar-refractivity contribution in [1.29, 1.82) is 0 Å². The van der Waals surface area contributed by atoms with Gasteiger partial charge in [-0.15, -0.1) is 0 Å². The van der Waals surface area contributed by atoms with E-state index in [-0.39, 0.29) is 0 Å². The van der Waals surface area contributed by atoms with Gasteiger partial charge in [-0.05, 0) is 18.9 Å². The average Bonchev–Trinajstić information content (AvgIpc) is 3.23. The highest BCUT2D eigenvalue weighted by molar-refractivity contribution is 5.88. The standard InChI is InChI=1S/C15H21N7.3C2H6/c1-4-5-6-11(10(2)3)22-12(16)7-17-14-13-15(19-8-18-13)21-9-20-14;3*1-2/h4-6,8-10H,7H2,1-3H3,(H2,16,22)(H2,17,18,19,20,21);3*1-2H3/b5-4-,11-6+;;;. The summed E-state index contributed by atoms with van der Waals surface area (Å²) in [6.07, 6.45) is 8.93. The second kappa shape index (κ2) is 17.7. The fourth-order valence-electron chi connectivity index (χ4n) is 1.83. The van der Waals surface area contributed by atoms with Gasteiger partial charge in [0.15, 0.2) is 11.5 Å². The second-order valence-corrected chi connectivity index (χ2v) is 5.05. The van der Waals surface area contributed by atoms with Crippen molar-refractivity contribution in [2.45, 2.75) is 62.3 Å². The zero-order chi connectivity index (χ0) is 21.9. The molecule has 7 heteroatoms. The predicted octanol–water partition coefficient (Wildman–Crippen LogP) is 5.32. The van der Waals surface area contributed by atoms with E-state index in [2.05, 4.69) is 44.1 Å². The van der Waals surface area contributed by atoms with E-state index in [1.807, 2.05) is 66.7 Å². The van der Waals surface area contributed by atoms with Crippen molar-refractivity contribution < 1.29 is 0 Å². The molecule has 0 bridgehead atoms. The maximum Gasteiger partial charge on any atom is 0.182 e. The molecule has 2 rings (SSSR count). The van der Waals surface area contributed by atoms with Crippen LogP contribution in [0.5, 0.6) is 0 Å². The number of allylic oxidation sites excluding steroid dienone is 4. The highest BCUT2D eigenvalue weighted by Gasteiger charge is 2.06. The van der Waals surface area contributed by atoms with Crippen LogP contribution in [0, 0.1) is 5.92 Å². The van der Waals surface area contributed by atoms with Gasteiger partial charge in [0.1, 0.15) is 17.7 Å². The van der Waals surface area contributed by atoms with E-state index >= 15 is 0 Å². The van der Waals surface area contributed by atoms with Crippen molar-refractivity contribution in [3.8, 4) is 0 Å². The maximum absolute atomic E-state index is 6.00. The third-order valence-electron chi connectivity index (χ3n) is 2.98. The number of aliphatic imine (C=N–C) groups is 1. The zero-order valence-corrected chi connectivity index (χ0v) is 19.0. The number of fused-ring (bicyclic) bond motifs is 1. The zero-order valence-electron chi connectivity index (χ0n) is 19.0. The Morgan fingerprint density at radius 3 is 2.36 bits per heavy atom. The molecule has 7 nitrogen and oxygen atoms in total. The molecular formula is C21H39N7. The van der Waals surface area contributed by atoms with Crippen molar-refractivity contribution >= 4 is 22.8 Å². The molecule has 28 heavy (non-hydrogen) atoms. The molecule has 0 unspecified atom stereocenters. The third kappa shape index (κ3) is 9.85. The number of hydrogen-bond acceptors (Lipinski definition) is 5. The molecule has 0 aromatic carbocycles. The Hall–Kier alpha value is -2.70. The first-order chi connectivity index (χ1) is 13.6. The molecule has 0 atom stereocenters. The molecule has 0 amide bonds. The lowest BCUT2D eigenvalue weighted by atomic mass is 10.1. The van der Waals surface area contributed by atoms with Crippen LogP contribution in [-0.4, -0.2) is 32.3 Å². The summed E-state index contributed by atoms with van der Waals surface area (Å²) in [7, 11) is 0. The average molecular weight is 390 g/mol. The molecule has 0 radical (unpaired) electrons. The van der Waals surface area contributed by atoms with Gasteiger partial charge in [-0.2, -0.15) is 0 Å². The molecule has 2 heterocycles. The summed E-state index contributed by atoms with van der Waals surface area (Å²) in [4.78, 5) is 19.8. The van der Waals surface area contributed by atoms with E-state index in [1.54, 1.807) is 6.33 Å². The fraction of sp³-hybridized carbons (Fsp3) is 0.524. The number of nitrogens with two attached hydrogens (primary N) is 1. The molecule has 2 aromatic heterocycles. The third-order valence-corrected chi connectivity index (χ3v) is 2.98. The molecule has 4 N–H and O–H groups in total. The molecule has 0 spiro atoms. The summed E-state index contributed by atoms with van der Waals surface area (Å²) in [5, 5.41) is 3.15. The lowest BCUT2D eigenvalue weighted by molar-refractivity contribution is 0.757. The summed E-state index contributed by atoms with van der Waals surface area (Å²) >= 11 is 0. The Balaban J connectivity index is 0. The monoisotopic (exact) mass is 389 g/mol. The van der Waals surface area contributed by atoms with Crippen LogP contribution in [0.2, 0.25) is 0 Å². The van der Waals surface area contributed by atoms with Crippen LogP contribution in [0.3, 0.4) is 0 Å². The van der Waals surface area contributed by atoms with Crippen LogP contribution in [0.4, 0.5) is 5.82 Å². The van der Waals surface area contributed by atoms with Gasteiger partial charge in [0, 0.05) is 5.70 Å². The predicted molar refractivity (Wildman–Crippen MR) is 124 cm³/mol. The summed E-state index contributed by atoms with van der Waals surface area (Å²) in [6, 6.07) is 0. The van der Waals surface area contributed by atoms with Crippen LogP contribution in [0.1, 0.15) is 62.3 Å². The van der Waals surface area contributed by atoms with Crippen LogP contribution in [-0.2, 0) is 0 Å². The van der Waals surface area contributed by atoms with E-state index in [0.717, 1.165) is 11.2 Å². The minimum atomic E-state index is 0.299. The SMILES string of the molecule is C/C=C\C=C(\N=C(N)CNc1ncnc2nc[nH]c12)C(C)C.CC.CC.CC. The Morgan fingerprint density at radius 1 is 1.14 bits per heavy atom. The van der Waals surface area contributed by atoms with E-state index in [1.165, 1.54) is 6.33 Å². The van der Waals surface area contributed by atoms with Crippen LogP contribution >= 0.6 is 0 Å². The number of rotatable bonds is 6. The van der Waals surface area contributed by atoms with Gasteiger partial charge >= 0.3 is 0 Å². The largest absolute Gasteiger partial charge is 0.386 e. The number of nitrogens with zero attached hydrogens (tertiary/aromatic N) is 4. The number of amidine groups is 1. The van der Waals surface area contributed by atoms with Crippen molar-refractivity contribution in [2.75, 3.05) is 11.9 Å². The normalized spacial score (nSPS) is 11.2. The highest BCUT2D eigenvalue weighted by Crippen LogP contribution is 2.14. The van der Waals surface area contributed by atoms with Crippen molar-refractivity contribution in [2.24, 2.45) is 16.6 Å². The van der Waals surface area contributed by atoms with Crippen LogP contribution in [0.15, 0.2) is 41.6 Å². The number of nitrogens with one attached hydrogen (secondary N) is 2. The molecule has 0 fully saturated rings. The Kier molecular flexibility index (Phi) is 17.4. The molecule has 0 saturated carbocycles. The van der Waals surface area contributed by atoms with Gasteiger partial charge in [-0.1, -0.05) is 67.5 Å². The molecule has 0 aliphatic rings. The minimum absolute atomic E-state index is 0.299. The topological polar surface area (TPSA) is 105 Å². The fourth-order valence-corrected chi connectivity index (χ4v) is 1.83. The number of aromatic amines is 1. The van der Waals surface area contributed by atoms with Crippen LogP contribution < -0.4 is 11.1 Å².